The molecule has 25 heavy (non-hydrogen) atoms. The van der Waals surface area contributed by atoms with Crippen LogP contribution < -0.4 is 0 Å². The number of hydrogen-bond acceptors (Lipinski definition) is 0. The van der Waals surface area contributed by atoms with E-state index in [1.807, 2.05) is 18.2 Å². The van der Waals surface area contributed by atoms with Crippen LogP contribution in [0.15, 0.2) is 54.6 Å². The molecule has 0 heterocycles. The Balaban J connectivity index is 1.62. The first kappa shape index (κ1) is 17.8. The highest BCUT2D eigenvalue weighted by Crippen LogP contribution is 2.37. The molecule has 0 aromatic heterocycles. The molecule has 0 radical (unpaired) electrons. The van der Waals surface area contributed by atoms with E-state index in [9.17, 15) is 13.2 Å². The standard InChI is InChI=1S/C22H23F3/c23-14-2-1-3-16-4-6-17(7-5-16)18-8-10-19(11-9-18)20-12-13-21(24)22(25)15-20/h1,3,8-13,15-17H,2,4-7,14H2/b3-1+. The van der Waals surface area contributed by atoms with Crippen molar-refractivity contribution in [2.45, 2.75) is 38.0 Å². The first-order valence-electron chi connectivity index (χ1n) is 8.95. The fourth-order valence-electron chi connectivity index (χ4n) is 3.62. The Morgan fingerprint density at radius 1 is 0.840 bits per heavy atom. The SMILES string of the molecule is FCC/C=C/C1CCC(c2ccc(-c3ccc(F)c(F)c3)cc2)CC1. The lowest BCUT2D eigenvalue weighted by atomic mass is 9.78. The molecule has 3 rings (SSSR count). The highest BCUT2D eigenvalue weighted by molar-refractivity contribution is 5.63. The quantitative estimate of drug-likeness (QED) is 0.522. The Morgan fingerprint density at radius 3 is 2.16 bits per heavy atom. The maximum absolute atomic E-state index is 13.4. The van der Waals surface area contributed by atoms with Crippen molar-refractivity contribution in [2.24, 2.45) is 5.92 Å². The van der Waals surface area contributed by atoms with Crippen LogP contribution in [0.4, 0.5) is 13.2 Å². The van der Waals surface area contributed by atoms with Gasteiger partial charge in [0.2, 0.25) is 0 Å². The van der Waals surface area contributed by atoms with Crippen LogP contribution in [-0.2, 0) is 0 Å². The van der Waals surface area contributed by atoms with Gasteiger partial charge >= 0.3 is 0 Å². The molecule has 132 valence electrons. The van der Waals surface area contributed by atoms with Crippen molar-refractivity contribution < 1.29 is 13.2 Å². The van der Waals surface area contributed by atoms with Gasteiger partial charge in [0, 0.05) is 0 Å². The zero-order valence-electron chi connectivity index (χ0n) is 14.2. The van der Waals surface area contributed by atoms with Gasteiger partial charge in [-0.2, -0.15) is 0 Å². The molecule has 0 N–H and O–H groups in total. The zero-order valence-corrected chi connectivity index (χ0v) is 14.2. The summed E-state index contributed by atoms with van der Waals surface area (Å²) in [6, 6.07) is 12.2. The Bertz CT molecular complexity index is 711. The van der Waals surface area contributed by atoms with Crippen molar-refractivity contribution in [1.82, 2.24) is 0 Å². The van der Waals surface area contributed by atoms with E-state index >= 15 is 0 Å². The van der Waals surface area contributed by atoms with Gasteiger partial charge < -0.3 is 0 Å². The minimum absolute atomic E-state index is 0.282. The molecule has 0 amide bonds. The molecule has 1 aliphatic rings. The summed E-state index contributed by atoms with van der Waals surface area (Å²) in [6.07, 6.45) is 9.19. The molecule has 0 unspecified atom stereocenters. The van der Waals surface area contributed by atoms with E-state index < -0.39 is 11.6 Å². The summed E-state index contributed by atoms with van der Waals surface area (Å²) in [6.45, 7) is -0.282. The van der Waals surface area contributed by atoms with E-state index in [1.165, 1.54) is 11.6 Å². The van der Waals surface area contributed by atoms with Crippen LogP contribution >= 0.6 is 0 Å². The molecule has 2 aromatic rings. The van der Waals surface area contributed by atoms with Crippen LogP contribution in [0.1, 0.15) is 43.6 Å². The second-order valence-corrected chi connectivity index (χ2v) is 6.77. The smallest absolute Gasteiger partial charge is 0.159 e. The third kappa shape index (κ3) is 4.53. The first-order valence-corrected chi connectivity index (χ1v) is 8.95. The van der Waals surface area contributed by atoms with Gasteiger partial charge in [-0.25, -0.2) is 8.78 Å². The van der Waals surface area contributed by atoms with Crippen LogP contribution in [0, 0.1) is 17.6 Å². The van der Waals surface area contributed by atoms with Crippen LogP contribution in [0.5, 0.6) is 0 Å². The maximum atomic E-state index is 13.4. The van der Waals surface area contributed by atoms with Gasteiger partial charge in [-0.15, -0.1) is 0 Å². The minimum atomic E-state index is -0.822. The van der Waals surface area contributed by atoms with Gasteiger partial charge in [-0.1, -0.05) is 42.5 Å². The van der Waals surface area contributed by atoms with E-state index in [0.29, 0.717) is 23.8 Å². The lowest BCUT2D eigenvalue weighted by Crippen LogP contribution is -2.11. The number of alkyl halides is 1. The fraction of sp³-hybridized carbons (Fsp3) is 0.364. The number of rotatable bonds is 5. The molecular weight excluding hydrogens is 321 g/mol. The summed E-state index contributed by atoms with van der Waals surface area (Å²) in [5.74, 6) is -0.521. The molecule has 1 saturated carbocycles. The van der Waals surface area contributed by atoms with Crippen molar-refractivity contribution in [1.29, 1.82) is 0 Å². The van der Waals surface area contributed by atoms with E-state index in [-0.39, 0.29) is 6.67 Å². The Kier molecular flexibility index (Phi) is 5.95. The van der Waals surface area contributed by atoms with Crippen molar-refractivity contribution in [3.05, 3.63) is 71.8 Å². The summed E-state index contributed by atoms with van der Waals surface area (Å²) in [7, 11) is 0. The largest absolute Gasteiger partial charge is 0.251 e. The molecule has 0 nitrogen and oxygen atoms in total. The van der Waals surface area contributed by atoms with Gasteiger partial charge in [-0.3, -0.25) is 4.39 Å². The highest BCUT2D eigenvalue weighted by Gasteiger charge is 2.20. The monoisotopic (exact) mass is 344 g/mol. The van der Waals surface area contributed by atoms with Crippen LogP contribution in [0.3, 0.4) is 0 Å². The lowest BCUT2D eigenvalue weighted by molar-refractivity contribution is 0.375. The van der Waals surface area contributed by atoms with E-state index in [0.717, 1.165) is 37.3 Å². The van der Waals surface area contributed by atoms with Crippen LogP contribution in [-0.4, -0.2) is 6.67 Å². The minimum Gasteiger partial charge on any atom is -0.251 e. The van der Waals surface area contributed by atoms with Gasteiger partial charge in [0.1, 0.15) is 0 Å². The third-order valence-electron chi connectivity index (χ3n) is 5.09. The number of benzene rings is 2. The molecule has 2 aromatic carbocycles. The average molecular weight is 344 g/mol. The predicted octanol–water partition coefficient (Wildman–Crippen LogP) is 6.82. The lowest BCUT2D eigenvalue weighted by Gasteiger charge is -2.27. The van der Waals surface area contributed by atoms with Crippen molar-refractivity contribution >= 4 is 0 Å². The highest BCUT2D eigenvalue weighted by atomic mass is 19.2. The number of allylic oxidation sites excluding steroid dienone is 2. The molecule has 0 bridgehead atoms. The van der Waals surface area contributed by atoms with Gasteiger partial charge in [-0.05, 0) is 72.8 Å². The van der Waals surface area contributed by atoms with Crippen molar-refractivity contribution in [3.63, 3.8) is 0 Å². The normalized spacial score (nSPS) is 20.9. The fourth-order valence-corrected chi connectivity index (χ4v) is 3.62. The second kappa shape index (κ2) is 8.37. The maximum Gasteiger partial charge on any atom is 0.159 e. The molecule has 1 fully saturated rings. The summed E-state index contributed by atoms with van der Waals surface area (Å²) in [5.41, 5.74) is 2.88. The van der Waals surface area contributed by atoms with Crippen LogP contribution in [0.25, 0.3) is 11.1 Å². The van der Waals surface area contributed by atoms with E-state index in [1.54, 1.807) is 6.07 Å². The molecule has 0 aliphatic heterocycles. The van der Waals surface area contributed by atoms with Crippen molar-refractivity contribution in [2.75, 3.05) is 6.67 Å². The molecule has 0 saturated heterocycles. The second-order valence-electron chi connectivity index (χ2n) is 6.77. The Labute approximate surface area is 147 Å². The zero-order chi connectivity index (χ0) is 17.6. The Hall–Kier alpha value is -2.03. The molecular formula is C22H23F3. The molecule has 0 atom stereocenters. The third-order valence-corrected chi connectivity index (χ3v) is 5.09. The summed E-state index contributed by atoms with van der Waals surface area (Å²) >= 11 is 0. The molecule has 3 heteroatoms. The summed E-state index contributed by atoms with van der Waals surface area (Å²) < 4.78 is 38.6. The summed E-state index contributed by atoms with van der Waals surface area (Å²) in [4.78, 5) is 0. The van der Waals surface area contributed by atoms with E-state index in [4.69, 9.17) is 0 Å². The first-order chi connectivity index (χ1) is 12.2. The topological polar surface area (TPSA) is 0 Å². The van der Waals surface area contributed by atoms with Gasteiger partial charge in [0.25, 0.3) is 0 Å². The van der Waals surface area contributed by atoms with Gasteiger partial charge in [0.05, 0.1) is 6.67 Å². The number of halogens is 3. The molecule has 1 aliphatic carbocycles. The predicted molar refractivity (Wildman–Crippen MR) is 96.2 cm³/mol. The van der Waals surface area contributed by atoms with E-state index in [2.05, 4.69) is 18.2 Å². The Morgan fingerprint density at radius 2 is 1.52 bits per heavy atom. The van der Waals surface area contributed by atoms with Gasteiger partial charge in [0.15, 0.2) is 11.6 Å². The van der Waals surface area contributed by atoms with Crippen LogP contribution in [0.2, 0.25) is 0 Å². The molecule has 0 spiro atoms. The van der Waals surface area contributed by atoms with Crippen molar-refractivity contribution in [3.8, 4) is 11.1 Å². The number of hydrogen-bond donors (Lipinski definition) is 0. The summed E-state index contributed by atoms with van der Waals surface area (Å²) in [5, 5.41) is 0. The average Bonchev–Trinajstić information content (AvgIpc) is 2.65.